The summed E-state index contributed by atoms with van der Waals surface area (Å²) in [5, 5.41) is 0. The zero-order valence-electron chi connectivity index (χ0n) is 32.4. The van der Waals surface area contributed by atoms with Gasteiger partial charge in [0, 0.05) is 19.4 Å². The Hall–Kier alpha value is -1.25. The fourth-order valence-corrected chi connectivity index (χ4v) is 6.57. The molecule has 0 aromatic heterocycles. The van der Waals surface area contributed by atoms with Crippen molar-refractivity contribution in [2.75, 3.05) is 26.4 Å². The molecule has 9 nitrogen and oxygen atoms in total. The third-order valence-electron chi connectivity index (χ3n) is 8.90. The van der Waals surface area contributed by atoms with Crippen LogP contribution in [0.3, 0.4) is 0 Å². The molecule has 296 valence electrons. The van der Waals surface area contributed by atoms with Gasteiger partial charge in [-0.15, -0.1) is 0 Å². The quantitative estimate of drug-likeness (QED) is 0.0274. The number of unbranched alkanes of at least 4 members (excludes halogenated alkanes) is 24. The van der Waals surface area contributed by atoms with E-state index in [0.717, 1.165) is 44.9 Å². The summed E-state index contributed by atoms with van der Waals surface area (Å²) in [5.74, 6) is -0.833. The van der Waals surface area contributed by atoms with Crippen LogP contribution < -0.4 is 5.73 Å². The van der Waals surface area contributed by atoms with E-state index in [4.69, 9.17) is 24.3 Å². The van der Waals surface area contributed by atoms with Crippen molar-refractivity contribution in [2.24, 2.45) is 5.73 Å². The topological polar surface area (TPSA) is 134 Å². The fraction of sp³-hybridized carbons (Fsp3) is 0.900. The van der Waals surface area contributed by atoms with Crippen LogP contribution in [-0.2, 0) is 32.7 Å². The van der Waals surface area contributed by atoms with Crippen molar-refractivity contribution in [1.29, 1.82) is 0 Å². The molecule has 0 saturated carbocycles. The maximum absolute atomic E-state index is 12.5. The average molecular weight is 732 g/mol. The number of allylic oxidation sites excluding steroid dienone is 2. The Labute approximate surface area is 307 Å². The number of rotatable bonds is 39. The number of hydrogen-bond acceptors (Lipinski definition) is 8. The minimum atomic E-state index is -4.36. The molecule has 2 unspecified atom stereocenters. The van der Waals surface area contributed by atoms with E-state index in [1.54, 1.807) is 0 Å². The van der Waals surface area contributed by atoms with E-state index >= 15 is 0 Å². The minimum Gasteiger partial charge on any atom is -0.462 e. The van der Waals surface area contributed by atoms with Crippen LogP contribution in [0.1, 0.15) is 200 Å². The van der Waals surface area contributed by atoms with Crippen LogP contribution in [-0.4, -0.2) is 49.3 Å². The van der Waals surface area contributed by atoms with Gasteiger partial charge in [0.15, 0.2) is 6.10 Å². The highest BCUT2D eigenvalue weighted by molar-refractivity contribution is 7.47. The molecule has 0 aromatic rings. The average Bonchev–Trinajstić information content (AvgIpc) is 3.10. The lowest BCUT2D eigenvalue weighted by atomic mass is 10.0. The van der Waals surface area contributed by atoms with E-state index in [2.05, 4.69) is 26.0 Å². The van der Waals surface area contributed by atoms with Crippen molar-refractivity contribution in [3.63, 3.8) is 0 Å². The van der Waals surface area contributed by atoms with Gasteiger partial charge in [0.1, 0.15) is 6.61 Å². The maximum atomic E-state index is 12.5. The monoisotopic (exact) mass is 732 g/mol. The van der Waals surface area contributed by atoms with E-state index in [0.29, 0.717) is 6.42 Å². The van der Waals surface area contributed by atoms with E-state index in [1.165, 1.54) is 122 Å². The van der Waals surface area contributed by atoms with Crippen molar-refractivity contribution in [3.8, 4) is 0 Å². The van der Waals surface area contributed by atoms with Crippen LogP contribution in [0.15, 0.2) is 12.2 Å². The summed E-state index contributed by atoms with van der Waals surface area (Å²) in [7, 11) is -4.36. The largest absolute Gasteiger partial charge is 0.472 e. The van der Waals surface area contributed by atoms with Crippen LogP contribution in [0.2, 0.25) is 0 Å². The van der Waals surface area contributed by atoms with Crippen molar-refractivity contribution < 1.29 is 37.6 Å². The van der Waals surface area contributed by atoms with Gasteiger partial charge in [0.25, 0.3) is 0 Å². The summed E-state index contributed by atoms with van der Waals surface area (Å²) in [4.78, 5) is 34.5. The van der Waals surface area contributed by atoms with Gasteiger partial charge < -0.3 is 20.1 Å². The second-order valence-corrected chi connectivity index (χ2v) is 15.3. The highest BCUT2D eigenvalue weighted by Crippen LogP contribution is 2.43. The van der Waals surface area contributed by atoms with Crippen molar-refractivity contribution in [2.45, 2.75) is 206 Å². The smallest absolute Gasteiger partial charge is 0.462 e. The van der Waals surface area contributed by atoms with Gasteiger partial charge in [-0.05, 0) is 38.5 Å². The van der Waals surface area contributed by atoms with Crippen molar-refractivity contribution in [3.05, 3.63) is 12.2 Å². The van der Waals surface area contributed by atoms with Crippen LogP contribution >= 0.6 is 7.82 Å². The Kier molecular flexibility index (Phi) is 36.6. The molecule has 0 bridgehead atoms. The molecule has 0 fully saturated rings. The number of ether oxygens (including phenoxy) is 2. The summed E-state index contributed by atoms with van der Waals surface area (Å²) in [6, 6.07) is 0. The molecule has 10 heteroatoms. The molecule has 0 aliphatic rings. The zero-order chi connectivity index (χ0) is 36.8. The standard InChI is InChI=1S/C40H78NO8P/c1-3-5-7-9-11-12-13-14-15-16-17-18-19-20-21-22-23-24-25-26-27-29-31-33-40(43)49-38(37-48-50(44,45)47-35-34-41)36-46-39(42)32-30-28-10-8-6-4-2/h16-17,38H,3-15,18-37,41H2,1-2H3,(H,44,45)/b17-16-. The maximum Gasteiger partial charge on any atom is 0.472 e. The Morgan fingerprint density at radius 2 is 0.980 bits per heavy atom. The van der Waals surface area contributed by atoms with E-state index in [-0.39, 0.29) is 38.6 Å². The molecule has 2 atom stereocenters. The van der Waals surface area contributed by atoms with Crippen molar-refractivity contribution in [1.82, 2.24) is 0 Å². The van der Waals surface area contributed by atoms with Gasteiger partial charge in [-0.25, -0.2) is 4.57 Å². The van der Waals surface area contributed by atoms with Gasteiger partial charge in [0.05, 0.1) is 13.2 Å². The minimum absolute atomic E-state index is 0.0557. The van der Waals surface area contributed by atoms with E-state index in [1.807, 2.05) is 0 Å². The third kappa shape index (κ3) is 36.5. The predicted molar refractivity (Wildman–Crippen MR) is 206 cm³/mol. The first-order valence-electron chi connectivity index (χ1n) is 20.7. The van der Waals surface area contributed by atoms with Crippen molar-refractivity contribution >= 4 is 19.8 Å². The SMILES string of the molecule is CCCCCCCCCC/C=C\CCCCCCCCCCCCCC(=O)OC(COC(=O)CCCCCCCC)COP(=O)(O)OCCN. The molecule has 0 heterocycles. The molecule has 3 N–H and O–H groups in total. The van der Waals surface area contributed by atoms with Crippen LogP contribution in [0.4, 0.5) is 0 Å². The van der Waals surface area contributed by atoms with E-state index in [9.17, 15) is 19.0 Å². The summed E-state index contributed by atoms with van der Waals surface area (Å²) < 4.78 is 32.5. The number of carbonyl (C=O) groups is 2. The van der Waals surface area contributed by atoms with Gasteiger partial charge in [0.2, 0.25) is 0 Å². The van der Waals surface area contributed by atoms with Crippen LogP contribution in [0.5, 0.6) is 0 Å². The number of phosphoric acid groups is 1. The molecular formula is C40H78NO8P. The number of phosphoric ester groups is 1. The van der Waals surface area contributed by atoms with Gasteiger partial charge in [-0.2, -0.15) is 0 Å². The Bertz CT molecular complexity index is 840. The molecule has 0 aliphatic heterocycles. The van der Waals surface area contributed by atoms with Gasteiger partial charge >= 0.3 is 19.8 Å². The van der Waals surface area contributed by atoms with Crippen LogP contribution in [0.25, 0.3) is 0 Å². The Morgan fingerprint density at radius 3 is 1.42 bits per heavy atom. The predicted octanol–water partition coefficient (Wildman–Crippen LogP) is 11.4. The summed E-state index contributed by atoms with van der Waals surface area (Å²) >= 11 is 0. The molecule has 0 radical (unpaired) electrons. The molecular weight excluding hydrogens is 653 g/mol. The summed E-state index contributed by atoms with van der Waals surface area (Å²) in [5.41, 5.74) is 5.32. The first-order valence-corrected chi connectivity index (χ1v) is 22.2. The first-order chi connectivity index (χ1) is 24.3. The highest BCUT2D eigenvalue weighted by atomic mass is 31.2. The molecule has 0 saturated heterocycles. The lowest BCUT2D eigenvalue weighted by Crippen LogP contribution is -2.29. The van der Waals surface area contributed by atoms with Gasteiger partial charge in [-0.3, -0.25) is 18.6 Å². The zero-order valence-corrected chi connectivity index (χ0v) is 33.3. The Balaban J connectivity index is 3.95. The highest BCUT2D eigenvalue weighted by Gasteiger charge is 2.26. The number of esters is 2. The number of nitrogens with two attached hydrogens (primary N) is 1. The van der Waals surface area contributed by atoms with E-state index < -0.39 is 26.5 Å². The van der Waals surface area contributed by atoms with Crippen LogP contribution in [0, 0.1) is 0 Å². The molecule has 0 aliphatic carbocycles. The normalized spacial score (nSPS) is 13.4. The molecule has 50 heavy (non-hydrogen) atoms. The molecule has 0 spiro atoms. The summed E-state index contributed by atoms with van der Waals surface area (Å²) in [6.45, 7) is 3.67. The second kappa shape index (κ2) is 37.5. The lowest BCUT2D eigenvalue weighted by molar-refractivity contribution is -0.161. The number of carbonyl (C=O) groups excluding carboxylic acids is 2. The fourth-order valence-electron chi connectivity index (χ4n) is 5.81. The molecule has 0 rings (SSSR count). The lowest BCUT2D eigenvalue weighted by Gasteiger charge is -2.19. The summed E-state index contributed by atoms with van der Waals surface area (Å²) in [6.07, 6.45) is 37.1. The number of hydrogen-bond donors (Lipinski definition) is 2. The molecule has 0 amide bonds. The second-order valence-electron chi connectivity index (χ2n) is 13.9. The Morgan fingerprint density at radius 1 is 0.580 bits per heavy atom. The third-order valence-corrected chi connectivity index (χ3v) is 9.89. The van der Waals surface area contributed by atoms with Gasteiger partial charge in [-0.1, -0.05) is 161 Å². The first kappa shape index (κ1) is 48.8. The molecule has 0 aromatic carbocycles.